The summed E-state index contributed by atoms with van der Waals surface area (Å²) in [6.07, 6.45) is 1.78. The van der Waals surface area contributed by atoms with E-state index in [9.17, 15) is 4.79 Å². The second-order valence-electron chi connectivity index (χ2n) is 6.27. The number of rotatable bonds is 6. The fourth-order valence-corrected chi connectivity index (χ4v) is 3.72. The predicted octanol–water partition coefficient (Wildman–Crippen LogP) is 5.95. The third kappa shape index (κ3) is 5.00. The molecule has 0 saturated carbocycles. The molecule has 0 aliphatic carbocycles. The van der Waals surface area contributed by atoms with E-state index in [0.29, 0.717) is 11.7 Å². The highest BCUT2D eigenvalue weighted by Gasteiger charge is 2.23. The number of halogens is 2. The summed E-state index contributed by atoms with van der Waals surface area (Å²) in [6, 6.07) is 4.28. The maximum atomic E-state index is 12.4. The minimum atomic E-state index is 0.107. The molecule has 0 bridgehead atoms. The Bertz CT molecular complexity index is 455. The minimum Gasteiger partial charge on any atom is -0.299 e. The van der Waals surface area contributed by atoms with Crippen LogP contribution in [0.3, 0.4) is 0 Å². The van der Waals surface area contributed by atoms with Crippen molar-refractivity contribution < 1.29 is 4.79 Å². The Morgan fingerprint density at radius 2 is 1.60 bits per heavy atom. The molecule has 0 radical (unpaired) electrons. The first kappa shape index (κ1) is 17.9. The van der Waals surface area contributed by atoms with Crippen LogP contribution in [0.25, 0.3) is 0 Å². The number of ketones is 1. The van der Waals surface area contributed by atoms with E-state index in [1.807, 2.05) is 13.8 Å². The van der Waals surface area contributed by atoms with Gasteiger partial charge in [0.1, 0.15) is 5.78 Å². The standard InChI is InChI=1S/C17H24Br2O/c1-10(2)6-14(17(20)11(3)4)7-13-8-15(18)12(5)16(19)9-13/h8-11,14H,6-7H2,1-5H3. The van der Waals surface area contributed by atoms with E-state index in [1.165, 1.54) is 11.1 Å². The highest BCUT2D eigenvalue weighted by Crippen LogP contribution is 2.29. The van der Waals surface area contributed by atoms with Crippen LogP contribution in [0, 0.1) is 24.7 Å². The number of carbonyl (C=O) groups is 1. The zero-order valence-electron chi connectivity index (χ0n) is 13.0. The van der Waals surface area contributed by atoms with Gasteiger partial charge in [0.15, 0.2) is 0 Å². The van der Waals surface area contributed by atoms with Crippen LogP contribution in [-0.2, 0) is 11.2 Å². The summed E-state index contributed by atoms with van der Waals surface area (Å²) in [5, 5.41) is 0. The number of carbonyl (C=O) groups excluding carboxylic acids is 1. The second-order valence-corrected chi connectivity index (χ2v) is 7.98. The highest BCUT2D eigenvalue weighted by molar-refractivity contribution is 9.11. The number of hydrogen-bond acceptors (Lipinski definition) is 1. The third-order valence-corrected chi connectivity index (χ3v) is 5.20. The molecule has 0 aliphatic heterocycles. The van der Waals surface area contributed by atoms with Crippen molar-refractivity contribution in [2.75, 3.05) is 0 Å². The second kappa shape index (κ2) is 7.74. The number of benzene rings is 1. The first-order valence-corrected chi connectivity index (χ1v) is 8.79. The molecule has 0 aliphatic rings. The largest absolute Gasteiger partial charge is 0.299 e. The first-order chi connectivity index (χ1) is 9.22. The summed E-state index contributed by atoms with van der Waals surface area (Å²) >= 11 is 7.18. The molecule has 0 amide bonds. The molecule has 1 rings (SSSR count). The quantitative estimate of drug-likeness (QED) is 0.573. The molecule has 1 aromatic rings. The Morgan fingerprint density at radius 1 is 1.10 bits per heavy atom. The van der Waals surface area contributed by atoms with Crippen molar-refractivity contribution in [1.82, 2.24) is 0 Å². The van der Waals surface area contributed by atoms with Crippen molar-refractivity contribution in [3.05, 3.63) is 32.2 Å². The fourth-order valence-electron chi connectivity index (χ4n) is 2.44. The number of Topliss-reactive ketones (excluding diaryl/α,β-unsaturated/α-hetero) is 1. The van der Waals surface area contributed by atoms with Gasteiger partial charge < -0.3 is 0 Å². The molecule has 20 heavy (non-hydrogen) atoms. The maximum absolute atomic E-state index is 12.4. The van der Waals surface area contributed by atoms with Gasteiger partial charge >= 0.3 is 0 Å². The molecule has 0 N–H and O–H groups in total. The average molecular weight is 404 g/mol. The normalized spacial score (nSPS) is 13.1. The minimum absolute atomic E-state index is 0.107. The summed E-state index contributed by atoms with van der Waals surface area (Å²) in [5.74, 6) is 1.15. The van der Waals surface area contributed by atoms with E-state index in [1.54, 1.807) is 0 Å². The summed E-state index contributed by atoms with van der Waals surface area (Å²) in [4.78, 5) is 12.4. The summed E-state index contributed by atoms with van der Waals surface area (Å²) in [6.45, 7) is 10.4. The van der Waals surface area contributed by atoms with Gasteiger partial charge in [0.05, 0.1) is 0 Å². The van der Waals surface area contributed by atoms with Crippen molar-refractivity contribution >= 4 is 37.6 Å². The summed E-state index contributed by atoms with van der Waals surface area (Å²) in [7, 11) is 0. The van der Waals surface area contributed by atoms with Crippen molar-refractivity contribution in [2.45, 2.75) is 47.5 Å². The lowest BCUT2D eigenvalue weighted by Gasteiger charge is -2.20. The van der Waals surface area contributed by atoms with Gasteiger partial charge in [0.2, 0.25) is 0 Å². The van der Waals surface area contributed by atoms with E-state index >= 15 is 0 Å². The fraction of sp³-hybridized carbons (Fsp3) is 0.588. The smallest absolute Gasteiger partial charge is 0.138 e. The first-order valence-electron chi connectivity index (χ1n) is 7.20. The highest BCUT2D eigenvalue weighted by atomic mass is 79.9. The Hall–Kier alpha value is -0.150. The molecule has 1 aromatic carbocycles. The maximum Gasteiger partial charge on any atom is 0.138 e. The molecule has 0 saturated heterocycles. The van der Waals surface area contributed by atoms with Crippen LogP contribution in [0.5, 0.6) is 0 Å². The van der Waals surface area contributed by atoms with Gasteiger partial charge in [-0.3, -0.25) is 4.79 Å². The number of hydrogen-bond donors (Lipinski definition) is 0. The molecule has 0 spiro atoms. The van der Waals surface area contributed by atoms with Gasteiger partial charge in [-0.15, -0.1) is 0 Å². The summed E-state index contributed by atoms with van der Waals surface area (Å²) < 4.78 is 2.20. The van der Waals surface area contributed by atoms with E-state index < -0.39 is 0 Å². The van der Waals surface area contributed by atoms with Crippen molar-refractivity contribution in [2.24, 2.45) is 17.8 Å². The molecule has 0 fully saturated rings. The molecule has 1 unspecified atom stereocenters. The Kier molecular flexibility index (Phi) is 6.93. The Labute approximate surface area is 139 Å². The molecular formula is C17H24Br2O. The van der Waals surface area contributed by atoms with Crippen molar-refractivity contribution in [3.63, 3.8) is 0 Å². The Morgan fingerprint density at radius 3 is 2.00 bits per heavy atom. The van der Waals surface area contributed by atoms with E-state index in [0.717, 1.165) is 21.8 Å². The van der Waals surface area contributed by atoms with Crippen molar-refractivity contribution in [3.8, 4) is 0 Å². The van der Waals surface area contributed by atoms with Gasteiger partial charge in [-0.2, -0.15) is 0 Å². The monoisotopic (exact) mass is 402 g/mol. The van der Waals surface area contributed by atoms with Gasteiger partial charge in [-0.05, 0) is 48.9 Å². The zero-order valence-corrected chi connectivity index (χ0v) is 16.1. The topological polar surface area (TPSA) is 17.1 Å². The predicted molar refractivity (Wildman–Crippen MR) is 93.1 cm³/mol. The van der Waals surface area contributed by atoms with Crippen LogP contribution in [0.2, 0.25) is 0 Å². The molecule has 1 atom stereocenters. The average Bonchev–Trinajstić information content (AvgIpc) is 2.33. The lowest BCUT2D eigenvalue weighted by atomic mass is 9.84. The lowest BCUT2D eigenvalue weighted by molar-refractivity contribution is -0.126. The molecule has 1 nitrogen and oxygen atoms in total. The molecular weight excluding hydrogens is 380 g/mol. The van der Waals surface area contributed by atoms with Crippen LogP contribution in [0.4, 0.5) is 0 Å². The molecule has 0 aromatic heterocycles. The SMILES string of the molecule is Cc1c(Br)cc(CC(CC(C)C)C(=O)C(C)C)cc1Br. The molecule has 3 heteroatoms. The van der Waals surface area contributed by atoms with Crippen LogP contribution < -0.4 is 0 Å². The van der Waals surface area contributed by atoms with Crippen LogP contribution in [-0.4, -0.2) is 5.78 Å². The van der Waals surface area contributed by atoms with E-state index in [-0.39, 0.29) is 11.8 Å². The lowest BCUT2D eigenvalue weighted by Crippen LogP contribution is -2.23. The van der Waals surface area contributed by atoms with Crippen LogP contribution >= 0.6 is 31.9 Å². The van der Waals surface area contributed by atoms with Gasteiger partial charge in [-0.1, -0.05) is 59.6 Å². The van der Waals surface area contributed by atoms with Gasteiger partial charge in [-0.25, -0.2) is 0 Å². The Balaban J connectivity index is 2.97. The van der Waals surface area contributed by atoms with E-state index in [4.69, 9.17) is 0 Å². The van der Waals surface area contributed by atoms with Gasteiger partial charge in [0, 0.05) is 20.8 Å². The van der Waals surface area contributed by atoms with E-state index in [2.05, 4.69) is 64.8 Å². The van der Waals surface area contributed by atoms with Crippen LogP contribution in [0.1, 0.15) is 45.2 Å². The van der Waals surface area contributed by atoms with Crippen molar-refractivity contribution in [1.29, 1.82) is 0 Å². The van der Waals surface area contributed by atoms with Gasteiger partial charge in [0.25, 0.3) is 0 Å². The third-order valence-electron chi connectivity index (χ3n) is 3.55. The molecule has 0 heterocycles. The van der Waals surface area contributed by atoms with Crippen LogP contribution in [0.15, 0.2) is 21.1 Å². The zero-order chi connectivity index (χ0) is 15.4. The molecule has 112 valence electrons. The summed E-state index contributed by atoms with van der Waals surface area (Å²) in [5.41, 5.74) is 2.42.